The van der Waals surface area contributed by atoms with E-state index in [1.807, 2.05) is 13.8 Å². The van der Waals surface area contributed by atoms with E-state index in [9.17, 15) is 9.90 Å². The molecule has 0 unspecified atom stereocenters. The Morgan fingerprint density at radius 2 is 2.18 bits per heavy atom. The molecule has 0 saturated carbocycles. The van der Waals surface area contributed by atoms with Crippen LogP contribution in [0.25, 0.3) is 0 Å². The van der Waals surface area contributed by atoms with E-state index in [-0.39, 0.29) is 24.5 Å². The van der Waals surface area contributed by atoms with Gasteiger partial charge in [-0.3, -0.25) is 4.79 Å². The lowest BCUT2D eigenvalue weighted by Crippen LogP contribution is -2.41. The van der Waals surface area contributed by atoms with Crippen molar-refractivity contribution in [3.8, 4) is 0 Å². The highest BCUT2D eigenvalue weighted by atomic mass is 127. The summed E-state index contributed by atoms with van der Waals surface area (Å²) in [5.74, 6) is -0.0227. The Bertz CT molecular complexity index is 409. The van der Waals surface area contributed by atoms with Gasteiger partial charge < -0.3 is 10.4 Å². The second-order valence-corrected chi connectivity index (χ2v) is 5.73. The van der Waals surface area contributed by atoms with Crippen LogP contribution < -0.4 is 5.32 Å². The van der Waals surface area contributed by atoms with Gasteiger partial charge in [0.1, 0.15) is 0 Å². The van der Waals surface area contributed by atoms with E-state index in [1.54, 1.807) is 18.2 Å². The zero-order chi connectivity index (χ0) is 13.0. The lowest BCUT2D eigenvalue weighted by molar-refractivity contribution is 0.0896. The van der Waals surface area contributed by atoms with E-state index in [0.717, 1.165) is 3.57 Å². The first-order valence-corrected chi connectivity index (χ1v) is 6.78. The molecule has 0 aromatic heterocycles. The van der Waals surface area contributed by atoms with Crippen LogP contribution in [0.4, 0.5) is 0 Å². The normalized spacial score (nSPS) is 12.6. The summed E-state index contributed by atoms with van der Waals surface area (Å²) in [7, 11) is 0. The van der Waals surface area contributed by atoms with Crippen LogP contribution in [0, 0.1) is 9.49 Å². The molecule has 0 aliphatic carbocycles. The summed E-state index contributed by atoms with van der Waals surface area (Å²) >= 11 is 7.95. The number of halogens is 2. The van der Waals surface area contributed by atoms with E-state index in [4.69, 9.17) is 11.6 Å². The summed E-state index contributed by atoms with van der Waals surface area (Å²) in [6, 6.07) is 4.93. The first-order valence-electron chi connectivity index (χ1n) is 5.32. The quantitative estimate of drug-likeness (QED) is 0.804. The number of carbonyl (C=O) groups excluding carboxylic acids is 1. The van der Waals surface area contributed by atoms with Gasteiger partial charge in [0.15, 0.2) is 0 Å². The molecular weight excluding hydrogens is 352 g/mol. The van der Waals surface area contributed by atoms with Crippen molar-refractivity contribution < 1.29 is 9.90 Å². The van der Waals surface area contributed by atoms with Crippen molar-refractivity contribution in [1.29, 1.82) is 0 Å². The van der Waals surface area contributed by atoms with Gasteiger partial charge in [-0.05, 0) is 46.7 Å². The fourth-order valence-electron chi connectivity index (χ4n) is 1.34. The second kappa shape index (κ2) is 6.56. The lowest BCUT2D eigenvalue weighted by atomic mass is 10.0. The molecule has 1 aromatic carbocycles. The molecule has 5 heteroatoms. The van der Waals surface area contributed by atoms with Crippen molar-refractivity contribution in [3.63, 3.8) is 0 Å². The van der Waals surface area contributed by atoms with Gasteiger partial charge in [-0.15, -0.1) is 0 Å². The standard InChI is InChI=1S/C12H15ClINO2/c1-7(2)11(6-16)15-12(17)9-5-8(13)3-4-10(9)14/h3-5,7,11,16H,6H2,1-2H3,(H,15,17)/t11-/m1/s1. The smallest absolute Gasteiger partial charge is 0.252 e. The highest BCUT2D eigenvalue weighted by Gasteiger charge is 2.17. The summed E-state index contributed by atoms with van der Waals surface area (Å²) in [6.07, 6.45) is 0. The maximum atomic E-state index is 12.0. The number of carbonyl (C=O) groups is 1. The molecular formula is C12H15ClINO2. The zero-order valence-corrected chi connectivity index (χ0v) is 12.6. The second-order valence-electron chi connectivity index (χ2n) is 4.13. The van der Waals surface area contributed by atoms with Crippen LogP contribution in [-0.2, 0) is 0 Å². The fraction of sp³-hybridized carbons (Fsp3) is 0.417. The van der Waals surface area contributed by atoms with Crippen molar-refractivity contribution in [2.24, 2.45) is 5.92 Å². The number of nitrogens with one attached hydrogen (secondary N) is 1. The molecule has 94 valence electrons. The molecule has 0 aliphatic heterocycles. The first-order chi connectivity index (χ1) is 7.95. The van der Waals surface area contributed by atoms with Crippen LogP contribution >= 0.6 is 34.2 Å². The maximum Gasteiger partial charge on any atom is 0.252 e. The number of hydrogen-bond donors (Lipinski definition) is 2. The van der Waals surface area contributed by atoms with Gasteiger partial charge in [0.05, 0.1) is 18.2 Å². The summed E-state index contributed by atoms with van der Waals surface area (Å²) in [4.78, 5) is 12.0. The Morgan fingerprint density at radius 3 is 2.71 bits per heavy atom. The Kier molecular flexibility index (Phi) is 5.69. The van der Waals surface area contributed by atoms with Crippen LogP contribution in [0.2, 0.25) is 5.02 Å². The van der Waals surface area contributed by atoms with E-state index in [2.05, 4.69) is 27.9 Å². The predicted octanol–water partition coefficient (Wildman–Crippen LogP) is 2.69. The van der Waals surface area contributed by atoms with Crippen LogP contribution in [0.5, 0.6) is 0 Å². The molecule has 0 saturated heterocycles. The van der Waals surface area contributed by atoms with Gasteiger partial charge in [-0.1, -0.05) is 25.4 Å². The lowest BCUT2D eigenvalue weighted by Gasteiger charge is -2.20. The number of rotatable bonds is 4. The minimum Gasteiger partial charge on any atom is -0.394 e. The Balaban J connectivity index is 2.86. The van der Waals surface area contributed by atoms with Crippen LogP contribution in [-0.4, -0.2) is 23.7 Å². The van der Waals surface area contributed by atoms with Crippen LogP contribution in [0.15, 0.2) is 18.2 Å². The molecule has 1 rings (SSSR count). The van der Waals surface area contributed by atoms with Gasteiger partial charge in [0.2, 0.25) is 0 Å². The Labute approximate surface area is 120 Å². The molecule has 0 radical (unpaired) electrons. The number of aliphatic hydroxyl groups is 1. The molecule has 1 aromatic rings. The van der Waals surface area contributed by atoms with Gasteiger partial charge in [0.25, 0.3) is 5.91 Å². The molecule has 0 bridgehead atoms. The molecule has 3 nitrogen and oxygen atoms in total. The number of hydrogen-bond acceptors (Lipinski definition) is 2. The summed E-state index contributed by atoms with van der Waals surface area (Å²) < 4.78 is 0.838. The van der Waals surface area contributed by atoms with Gasteiger partial charge >= 0.3 is 0 Å². The highest BCUT2D eigenvalue weighted by Crippen LogP contribution is 2.18. The predicted molar refractivity (Wildman–Crippen MR) is 77.3 cm³/mol. The fourth-order valence-corrected chi connectivity index (χ4v) is 2.09. The third kappa shape index (κ3) is 4.12. The zero-order valence-electron chi connectivity index (χ0n) is 9.71. The van der Waals surface area contributed by atoms with E-state index in [0.29, 0.717) is 10.6 Å². The summed E-state index contributed by atoms with van der Waals surface area (Å²) in [5.41, 5.74) is 0.539. The van der Waals surface area contributed by atoms with E-state index < -0.39 is 0 Å². The summed E-state index contributed by atoms with van der Waals surface area (Å²) in [5, 5.41) is 12.5. The van der Waals surface area contributed by atoms with Crippen molar-refractivity contribution in [2.45, 2.75) is 19.9 Å². The third-order valence-electron chi connectivity index (χ3n) is 2.49. The van der Waals surface area contributed by atoms with Crippen molar-refractivity contribution in [1.82, 2.24) is 5.32 Å². The largest absolute Gasteiger partial charge is 0.394 e. The van der Waals surface area contributed by atoms with Crippen LogP contribution in [0.3, 0.4) is 0 Å². The Morgan fingerprint density at radius 1 is 1.53 bits per heavy atom. The first kappa shape index (κ1) is 14.7. The van der Waals surface area contributed by atoms with E-state index in [1.165, 1.54) is 0 Å². The number of benzene rings is 1. The van der Waals surface area contributed by atoms with Crippen molar-refractivity contribution in [2.75, 3.05) is 6.61 Å². The summed E-state index contributed by atoms with van der Waals surface area (Å²) in [6.45, 7) is 3.83. The average molecular weight is 368 g/mol. The molecule has 0 aliphatic rings. The molecule has 2 N–H and O–H groups in total. The third-order valence-corrected chi connectivity index (χ3v) is 3.67. The van der Waals surface area contributed by atoms with Crippen LogP contribution in [0.1, 0.15) is 24.2 Å². The molecule has 0 heterocycles. The topological polar surface area (TPSA) is 49.3 Å². The number of amides is 1. The number of aliphatic hydroxyl groups excluding tert-OH is 1. The maximum absolute atomic E-state index is 12.0. The molecule has 0 spiro atoms. The van der Waals surface area contributed by atoms with Gasteiger partial charge in [-0.25, -0.2) is 0 Å². The minimum atomic E-state index is -0.239. The molecule has 1 amide bonds. The van der Waals surface area contributed by atoms with E-state index >= 15 is 0 Å². The van der Waals surface area contributed by atoms with Gasteiger partial charge in [-0.2, -0.15) is 0 Å². The Hall–Kier alpha value is -0.330. The monoisotopic (exact) mass is 367 g/mol. The van der Waals surface area contributed by atoms with Gasteiger partial charge in [0, 0.05) is 8.59 Å². The molecule has 17 heavy (non-hydrogen) atoms. The molecule has 1 atom stereocenters. The average Bonchev–Trinajstić information content (AvgIpc) is 2.28. The van der Waals surface area contributed by atoms with Crippen molar-refractivity contribution in [3.05, 3.63) is 32.4 Å². The minimum absolute atomic E-state index is 0.0689. The SMILES string of the molecule is CC(C)[C@@H](CO)NC(=O)c1cc(Cl)ccc1I. The highest BCUT2D eigenvalue weighted by molar-refractivity contribution is 14.1. The van der Waals surface area contributed by atoms with Crippen molar-refractivity contribution >= 4 is 40.1 Å². The molecule has 0 fully saturated rings.